The molecule has 7 heteroatoms. The highest BCUT2D eigenvalue weighted by molar-refractivity contribution is 5.91. The van der Waals surface area contributed by atoms with Gasteiger partial charge >= 0.3 is 0 Å². The average Bonchev–Trinajstić information content (AvgIpc) is 3.46. The number of aromatic nitrogens is 2. The maximum Gasteiger partial charge on any atom is 0.287 e. The first-order valence-electron chi connectivity index (χ1n) is 10.2. The number of benzene rings is 2. The number of ether oxygens (including phenoxy) is 2. The number of methoxy groups -OCH3 is 1. The molecule has 160 valence electrons. The van der Waals surface area contributed by atoms with E-state index in [2.05, 4.69) is 9.88 Å². The monoisotopic (exact) mass is 419 g/mol. The summed E-state index contributed by atoms with van der Waals surface area (Å²) in [6.07, 6.45) is 2.27. The lowest BCUT2D eigenvalue weighted by Gasteiger charge is -2.16. The molecule has 0 fully saturated rings. The molecule has 0 aliphatic rings. The fraction of sp³-hybridized carbons (Fsp3) is 0.250. The molecule has 1 atom stereocenters. The number of carbonyl (C=O) groups excluding carboxylic acids is 1. The first kappa shape index (κ1) is 20.5. The fourth-order valence-electron chi connectivity index (χ4n) is 3.48. The van der Waals surface area contributed by atoms with Crippen molar-refractivity contribution in [2.45, 2.75) is 25.9 Å². The Hall–Kier alpha value is -3.74. The predicted octanol–water partition coefficient (Wildman–Crippen LogP) is 4.60. The molecule has 0 bridgehead atoms. The first-order valence-corrected chi connectivity index (χ1v) is 10.2. The third-order valence-corrected chi connectivity index (χ3v) is 5.02. The van der Waals surface area contributed by atoms with Gasteiger partial charge in [-0.3, -0.25) is 4.79 Å². The number of amides is 1. The first-order chi connectivity index (χ1) is 15.2. The molecule has 0 unspecified atom stereocenters. The topological polar surface area (TPSA) is 78.5 Å². The molecule has 1 amide bonds. The third kappa shape index (κ3) is 4.71. The molecule has 1 N–H and O–H groups in total. The van der Waals surface area contributed by atoms with Crippen molar-refractivity contribution >= 4 is 16.9 Å². The molecule has 2 aromatic heterocycles. The zero-order valence-electron chi connectivity index (χ0n) is 17.6. The van der Waals surface area contributed by atoms with E-state index in [1.165, 1.54) is 6.26 Å². The number of fused-ring (bicyclic) bond motifs is 1. The van der Waals surface area contributed by atoms with Crippen molar-refractivity contribution in [3.8, 4) is 11.5 Å². The van der Waals surface area contributed by atoms with Gasteiger partial charge in [-0.1, -0.05) is 12.1 Å². The lowest BCUT2D eigenvalue weighted by atomic mass is 10.2. The molecule has 0 spiro atoms. The van der Waals surface area contributed by atoms with Crippen LogP contribution in [0.25, 0.3) is 11.0 Å². The van der Waals surface area contributed by atoms with Gasteiger partial charge in [0.15, 0.2) is 5.76 Å². The molecule has 0 saturated heterocycles. The molecule has 2 heterocycles. The van der Waals surface area contributed by atoms with Gasteiger partial charge in [0.25, 0.3) is 5.91 Å². The number of nitrogens with one attached hydrogen (secondary N) is 1. The standard InChI is InChI=1S/C24H25N3O4/c1-17(25-24(28)22-9-5-15-31-22)23-26-20-7-3-4-8-21(20)27(23)14-6-16-30-19-12-10-18(29-2)11-13-19/h3-5,7-13,15,17H,6,14,16H2,1-2H3,(H,25,28)/t17-/m1/s1. The van der Waals surface area contributed by atoms with Gasteiger partial charge in [0.2, 0.25) is 0 Å². The van der Waals surface area contributed by atoms with Crippen LogP contribution >= 0.6 is 0 Å². The fourth-order valence-corrected chi connectivity index (χ4v) is 3.48. The van der Waals surface area contributed by atoms with E-state index in [0.717, 1.165) is 34.8 Å². The van der Waals surface area contributed by atoms with Crippen LogP contribution in [-0.2, 0) is 6.54 Å². The molecular weight excluding hydrogens is 394 g/mol. The van der Waals surface area contributed by atoms with E-state index in [1.54, 1.807) is 19.2 Å². The Kier molecular flexibility index (Phi) is 6.21. The van der Waals surface area contributed by atoms with Crippen molar-refractivity contribution in [1.82, 2.24) is 14.9 Å². The van der Waals surface area contributed by atoms with E-state index in [-0.39, 0.29) is 17.7 Å². The number of carbonyl (C=O) groups is 1. The van der Waals surface area contributed by atoms with E-state index in [1.807, 2.05) is 55.5 Å². The molecule has 0 radical (unpaired) electrons. The minimum atomic E-state index is -0.285. The maximum absolute atomic E-state index is 12.4. The summed E-state index contributed by atoms with van der Waals surface area (Å²) in [5, 5.41) is 2.97. The summed E-state index contributed by atoms with van der Waals surface area (Å²) >= 11 is 0. The molecular formula is C24H25N3O4. The van der Waals surface area contributed by atoms with Crippen LogP contribution < -0.4 is 14.8 Å². The minimum absolute atomic E-state index is 0.265. The van der Waals surface area contributed by atoms with Crippen molar-refractivity contribution in [3.63, 3.8) is 0 Å². The SMILES string of the molecule is COc1ccc(OCCCn2c([C@@H](C)NC(=O)c3ccco3)nc3ccccc32)cc1. The van der Waals surface area contributed by atoms with Crippen LogP contribution in [0.15, 0.2) is 71.3 Å². The number of para-hydroxylation sites is 2. The summed E-state index contributed by atoms with van der Waals surface area (Å²) in [6, 6.07) is 18.5. The summed E-state index contributed by atoms with van der Waals surface area (Å²) in [7, 11) is 1.64. The second-order valence-corrected chi connectivity index (χ2v) is 7.16. The Morgan fingerprint density at radius 2 is 1.87 bits per heavy atom. The van der Waals surface area contributed by atoms with Gasteiger partial charge in [-0.25, -0.2) is 4.98 Å². The van der Waals surface area contributed by atoms with Gasteiger partial charge < -0.3 is 23.8 Å². The number of aryl methyl sites for hydroxylation is 1. The van der Waals surface area contributed by atoms with E-state index >= 15 is 0 Å². The summed E-state index contributed by atoms with van der Waals surface area (Å²) in [4.78, 5) is 17.2. The number of hydrogen-bond donors (Lipinski definition) is 1. The molecule has 0 aliphatic heterocycles. The molecule has 0 saturated carbocycles. The number of nitrogens with zero attached hydrogens (tertiary/aromatic N) is 2. The predicted molar refractivity (Wildman–Crippen MR) is 117 cm³/mol. The third-order valence-electron chi connectivity index (χ3n) is 5.02. The van der Waals surface area contributed by atoms with E-state index in [4.69, 9.17) is 18.9 Å². The minimum Gasteiger partial charge on any atom is -0.497 e. The molecule has 4 aromatic rings. The number of imidazole rings is 1. The van der Waals surface area contributed by atoms with Crippen LogP contribution in [-0.4, -0.2) is 29.2 Å². The molecule has 31 heavy (non-hydrogen) atoms. The lowest BCUT2D eigenvalue weighted by molar-refractivity contribution is 0.0909. The molecule has 7 nitrogen and oxygen atoms in total. The lowest BCUT2D eigenvalue weighted by Crippen LogP contribution is -2.28. The number of furan rings is 1. The van der Waals surface area contributed by atoms with Crippen LogP contribution in [0.1, 0.15) is 35.8 Å². The van der Waals surface area contributed by atoms with Crippen molar-refractivity contribution in [2.75, 3.05) is 13.7 Å². The number of hydrogen-bond acceptors (Lipinski definition) is 5. The normalized spacial score (nSPS) is 11.9. The summed E-state index contributed by atoms with van der Waals surface area (Å²) in [5.41, 5.74) is 1.92. The van der Waals surface area contributed by atoms with Crippen molar-refractivity contribution in [1.29, 1.82) is 0 Å². The Morgan fingerprint density at radius 3 is 2.61 bits per heavy atom. The maximum atomic E-state index is 12.4. The Balaban J connectivity index is 1.45. The number of rotatable bonds is 9. The summed E-state index contributed by atoms with van der Waals surface area (Å²) in [6.45, 7) is 3.20. The van der Waals surface area contributed by atoms with Crippen LogP contribution in [0.4, 0.5) is 0 Å². The van der Waals surface area contributed by atoms with Crippen LogP contribution in [0.3, 0.4) is 0 Å². The van der Waals surface area contributed by atoms with E-state index < -0.39 is 0 Å². The van der Waals surface area contributed by atoms with Gasteiger partial charge in [0.05, 0.1) is 37.1 Å². The van der Waals surface area contributed by atoms with Gasteiger partial charge in [0, 0.05) is 6.54 Å². The highest BCUT2D eigenvalue weighted by Gasteiger charge is 2.20. The van der Waals surface area contributed by atoms with Gasteiger partial charge in [0.1, 0.15) is 17.3 Å². The largest absolute Gasteiger partial charge is 0.497 e. The summed E-state index contributed by atoms with van der Waals surface area (Å²) < 4.78 is 18.4. The molecule has 2 aromatic carbocycles. The van der Waals surface area contributed by atoms with Crippen molar-refractivity contribution in [2.24, 2.45) is 0 Å². The van der Waals surface area contributed by atoms with Crippen molar-refractivity contribution in [3.05, 3.63) is 78.5 Å². The van der Waals surface area contributed by atoms with Gasteiger partial charge in [-0.15, -0.1) is 0 Å². The second-order valence-electron chi connectivity index (χ2n) is 7.16. The van der Waals surface area contributed by atoms with Crippen LogP contribution in [0, 0.1) is 0 Å². The highest BCUT2D eigenvalue weighted by Crippen LogP contribution is 2.22. The van der Waals surface area contributed by atoms with Gasteiger partial charge in [-0.05, 0) is 61.9 Å². The Labute approximate surface area is 180 Å². The highest BCUT2D eigenvalue weighted by atomic mass is 16.5. The molecule has 4 rings (SSSR count). The average molecular weight is 419 g/mol. The van der Waals surface area contributed by atoms with E-state index in [9.17, 15) is 4.79 Å². The quantitative estimate of drug-likeness (QED) is 0.401. The van der Waals surface area contributed by atoms with E-state index in [0.29, 0.717) is 13.2 Å². The zero-order chi connectivity index (χ0) is 21.6. The second kappa shape index (κ2) is 9.38. The van der Waals surface area contributed by atoms with Crippen LogP contribution in [0.5, 0.6) is 11.5 Å². The molecule has 0 aliphatic carbocycles. The Bertz CT molecular complexity index is 1130. The van der Waals surface area contributed by atoms with Gasteiger partial charge in [-0.2, -0.15) is 0 Å². The van der Waals surface area contributed by atoms with Crippen molar-refractivity contribution < 1.29 is 18.7 Å². The smallest absolute Gasteiger partial charge is 0.287 e. The Morgan fingerprint density at radius 1 is 1.10 bits per heavy atom. The van der Waals surface area contributed by atoms with Crippen LogP contribution in [0.2, 0.25) is 0 Å². The summed E-state index contributed by atoms with van der Waals surface area (Å²) in [5.74, 6) is 2.41. The zero-order valence-corrected chi connectivity index (χ0v) is 17.6.